The molecule has 0 aliphatic heterocycles. The van der Waals surface area contributed by atoms with E-state index in [2.05, 4.69) is 5.32 Å². The quantitative estimate of drug-likeness (QED) is 0.845. The molecular formula is C17H23NO4. The molecular weight excluding hydrogens is 282 g/mol. The molecule has 0 spiro atoms. The summed E-state index contributed by atoms with van der Waals surface area (Å²) in [7, 11) is 1.63. The summed E-state index contributed by atoms with van der Waals surface area (Å²) in [6.45, 7) is 0.588. The fourth-order valence-electron chi connectivity index (χ4n) is 2.90. The number of hydrogen-bond acceptors (Lipinski definition) is 3. The Hall–Kier alpha value is -2.04. The van der Waals surface area contributed by atoms with Gasteiger partial charge in [0.2, 0.25) is 5.91 Å². The van der Waals surface area contributed by atoms with Crippen molar-refractivity contribution in [1.82, 2.24) is 5.32 Å². The molecule has 5 heteroatoms. The Bertz CT molecular complexity index is 521. The van der Waals surface area contributed by atoms with E-state index in [1.807, 2.05) is 24.3 Å². The summed E-state index contributed by atoms with van der Waals surface area (Å²) >= 11 is 0. The van der Waals surface area contributed by atoms with Gasteiger partial charge in [-0.2, -0.15) is 0 Å². The number of nitrogens with one attached hydrogen (secondary N) is 1. The maximum absolute atomic E-state index is 12.1. The van der Waals surface area contributed by atoms with Gasteiger partial charge in [0.05, 0.1) is 13.0 Å². The maximum atomic E-state index is 12.1. The highest BCUT2D eigenvalue weighted by Crippen LogP contribution is 2.28. The van der Waals surface area contributed by atoms with Crippen LogP contribution in [0.2, 0.25) is 0 Å². The highest BCUT2D eigenvalue weighted by atomic mass is 16.5. The van der Waals surface area contributed by atoms with Gasteiger partial charge in [-0.1, -0.05) is 12.1 Å². The molecule has 0 atom stereocenters. The van der Waals surface area contributed by atoms with Gasteiger partial charge < -0.3 is 15.2 Å². The fourth-order valence-corrected chi connectivity index (χ4v) is 2.90. The van der Waals surface area contributed by atoms with Gasteiger partial charge in [0.15, 0.2) is 0 Å². The van der Waals surface area contributed by atoms with Crippen LogP contribution in [-0.2, 0) is 16.0 Å². The van der Waals surface area contributed by atoms with Crippen molar-refractivity contribution >= 4 is 11.9 Å². The third kappa shape index (κ3) is 4.48. The van der Waals surface area contributed by atoms with Crippen molar-refractivity contribution in [3.8, 4) is 5.75 Å². The molecule has 1 fully saturated rings. The van der Waals surface area contributed by atoms with Crippen LogP contribution in [0.3, 0.4) is 0 Å². The lowest BCUT2D eigenvalue weighted by Gasteiger charge is -2.25. The molecule has 1 aromatic rings. The number of carbonyl (C=O) groups excluding carboxylic acids is 1. The molecule has 0 unspecified atom stereocenters. The topological polar surface area (TPSA) is 75.6 Å². The minimum absolute atomic E-state index is 0.0408. The van der Waals surface area contributed by atoms with E-state index in [-0.39, 0.29) is 17.7 Å². The fraction of sp³-hybridized carbons (Fsp3) is 0.529. The van der Waals surface area contributed by atoms with Gasteiger partial charge in [0.25, 0.3) is 0 Å². The van der Waals surface area contributed by atoms with Crippen LogP contribution in [0.4, 0.5) is 0 Å². The van der Waals surface area contributed by atoms with E-state index in [1.165, 1.54) is 0 Å². The molecule has 120 valence electrons. The number of carboxylic acid groups (broad SMARTS) is 1. The highest BCUT2D eigenvalue weighted by Gasteiger charge is 2.29. The standard InChI is InChI=1S/C17H23NO4/c1-22-15-4-2-3-12(11-15)9-10-18-16(19)13-5-7-14(8-6-13)17(20)21/h2-4,11,13-14H,5-10H2,1H3,(H,18,19)(H,20,21). The Morgan fingerprint density at radius 1 is 1.23 bits per heavy atom. The zero-order valence-corrected chi connectivity index (χ0v) is 12.9. The minimum atomic E-state index is -0.739. The summed E-state index contributed by atoms with van der Waals surface area (Å²) in [5.74, 6) is -0.193. The monoisotopic (exact) mass is 305 g/mol. The van der Waals surface area contributed by atoms with Gasteiger partial charge in [0, 0.05) is 12.5 Å². The molecule has 0 bridgehead atoms. The first-order valence-electron chi connectivity index (χ1n) is 7.73. The zero-order valence-electron chi connectivity index (χ0n) is 12.9. The molecule has 1 aliphatic rings. The van der Waals surface area contributed by atoms with Crippen molar-refractivity contribution in [2.24, 2.45) is 11.8 Å². The molecule has 1 amide bonds. The number of hydrogen-bond donors (Lipinski definition) is 2. The number of carboxylic acids is 1. The van der Waals surface area contributed by atoms with Gasteiger partial charge in [-0.3, -0.25) is 9.59 Å². The van der Waals surface area contributed by atoms with Crippen LogP contribution in [0.15, 0.2) is 24.3 Å². The minimum Gasteiger partial charge on any atom is -0.497 e. The molecule has 1 aliphatic carbocycles. The zero-order chi connectivity index (χ0) is 15.9. The third-order valence-electron chi connectivity index (χ3n) is 4.29. The van der Waals surface area contributed by atoms with Crippen LogP contribution in [0.25, 0.3) is 0 Å². The summed E-state index contributed by atoms with van der Waals surface area (Å²) < 4.78 is 5.17. The predicted octanol–water partition coefficient (Wildman–Crippen LogP) is 2.24. The number of aliphatic carboxylic acids is 1. The lowest BCUT2D eigenvalue weighted by atomic mass is 9.81. The van der Waals surface area contributed by atoms with E-state index < -0.39 is 5.97 Å². The number of amides is 1. The Morgan fingerprint density at radius 3 is 2.55 bits per heavy atom. The van der Waals surface area contributed by atoms with Crippen LogP contribution in [0.1, 0.15) is 31.2 Å². The molecule has 0 saturated heterocycles. The Balaban J connectivity index is 1.73. The van der Waals surface area contributed by atoms with E-state index in [0.29, 0.717) is 32.2 Å². The van der Waals surface area contributed by atoms with Crippen molar-refractivity contribution in [3.63, 3.8) is 0 Å². The third-order valence-corrected chi connectivity index (χ3v) is 4.29. The summed E-state index contributed by atoms with van der Waals surface area (Å²) in [6, 6.07) is 7.79. The van der Waals surface area contributed by atoms with Gasteiger partial charge in [-0.25, -0.2) is 0 Å². The summed E-state index contributed by atoms with van der Waals surface area (Å²) in [5.41, 5.74) is 1.12. The molecule has 2 rings (SSSR count). The van der Waals surface area contributed by atoms with Crippen LogP contribution in [0.5, 0.6) is 5.75 Å². The Morgan fingerprint density at radius 2 is 1.91 bits per heavy atom. The number of carbonyl (C=O) groups is 2. The summed E-state index contributed by atoms with van der Waals surface area (Å²) in [5, 5.41) is 11.9. The molecule has 5 nitrogen and oxygen atoms in total. The molecule has 1 aromatic carbocycles. The van der Waals surface area contributed by atoms with Crippen molar-refractivity contribution in [2.75, 3.05) is 13.7 Å². The SMILES string of the molecule is COc1cccc(CCNC(=O)C2CCC(C(=O)O)CC2)c1. The second-order valence-corrected chi connectivity index (χ2v) is 5.78. The van der Waals surface area contributed by atoms with Crippen molar-refractivity contribution in [1.29, 1.82) is 0 Å². The van der Waals surface area contributed by atoms with Gasteiger partial charge in [-0.05, 0) is 49.8 Å². The lowest BCUT2D eigenvalue weighted by Crippen LogP contribution is -2.35. The molecule has 22 heavy (non-hydrogen) atoms. The largest absolute Gasteiger partial charge is 0.497 e. The second kappa shape index (κ2) is 7.82. The predicted molar refractivity (Wildman–Crippen MR) is 82.8 cm³/mol. The number of ether oxygens (including phenoxy) is 1. The van der Waals surface area contributed by atoms with Crippen LogP contribution in [-0.4, -0.2) is 30.6 Å². The highest BCUT2D eigenvalue weighted by molar-refractivity contribution is 5.79. The number of benzene rings is 1. The summed E-state index contributed by atoms with van der Waals surface area (Å²) in [4.78, 5) is 23.0. The van der Waals surface area contributed by atoms with Gasteiger partial charge in [-0.15, -0.1) is 0 Å². The summed E-state index contributed by atoms with van der Waals surface area (Å²) in [6.07, 6.45) is 3.30. The first kappa shape index (κ1) is 16.3. The average Bonchev–Trinajstić information content (AvgIpc) is 2.55. The molecule has 0 radical (unpaired) electrons. The Kier molecular flexibility index (Phi) is 5.81. The maximum Gasteiger partial charge on any atom is 0.306 e. The Labute approximate surface area is 130 Å². The lowest BCUT2D eigenvalue weighted by molar-refractivity contribution is -0.144. The molecule has 0 aromatic heterocycles. The van der Waals surface area contributed by atoms with Crippen LogP contribution in [0, 0.1) is 11.8 Å². The smallest absolute Gasteiger partial charge is 0.306 e. The van der Waals surface area contributed by atoms with Crippen molar-refractivity contribution < 1.29 is 19.4 Å². The van der Waals surface area contributed by atoms with Gasteiger partial charge in [0.1, 0.15) is 5.75 Å². The molecule has 0 heterocycles. The van der Waals surface area contributed by atoms with E-state index in [1.54, 1.807) is 7.11 Å². The van der Waals surface area contributed by atoms with Gasteiger partial charge >= 0.3 is 5.97 Å². The van der Waals surface area contributed by atoms with E-state index >= 15 is 0 Å². The van der Waals surface area contributed by atoms with Crippen molar-refractivity contribution in [2.45, 2.75) is 32.1 Å². The van der Waals surface area contributed by atoms with Crippen LogP contribution >= 0.6 is 0 Å². The second-order valence-electron chi connectivity index (χ2n) is 5.78. The van der Waals surface area contributed by atoms with E-state index in [0.717, 1.165) is 17.7 Å². The average molecular weight is 305 g/mol. The molecule has 1 saturated carbocycles. The first-order valence-corrected chi connectivity index (χ1v) is 7.73. The normalized spacial score (nSPS) is 21.1. The van der Waals surface area contributed by atoms with E-state index in [4.69, 9.17) is 9.84 Å². The van der Waals surface area contributed by atoms with Crippen molar-refractivity contribution in [3.05, 3.63) is 29.8 Å². The van der Waals surface area contributed by atoms with Crippen LogP contribution < -0.4 is 10.1 Å². The number of methoxy groups -OCH3 is 1. The first-order chi connectivity index (χ1) is 10.6. The van der Waals surface area contributed by atoms with E-state index in [9.17, 15) is 9.59 Å². The number of rotatable bonds is 6. The molecule has 2 N–H and O–H groups in total.